The lowest BCUT2D eigenvalue weighted by molar-refractivity contribution is -0.116. The summed E-state index contributed by atoms with van der Waals surface area (Å²) >= 11 is 3.14. The number of likely N-dealkylation sites (N-methyl/N-ethyl adjacent to an activating group) is 1. The average Bonchev–Trinajstić information content (AvgIpc) is 3.22. The number of nitrogens with zero attached hydrogens (tertiary/aromatic N) is 3. The van der Waals surface area contributed by atoms with E-state index in [9.17, 15) is 4.79 Å². The molecule has 0 atom stereocenters. The van der Waals surface area contributed by atoms with Crippen molar-refractivity contribution in [1.82, 2.24) is 9.88 Å². The van der Waals surface area contributed by atoms with Crippen LogP contribution >= 0.6 is 23.1 Å². The molecule has 31 heavy (non-hydrogen) atoms. The first kappa shape index (κ1) is 23.6. The molecule has 0 saturated heterocycles. The fourth-order valence-corrected chi connectivity index (χ4v) is 5.21. The van der Waals surface area contributed by atoms with E-state index >= 15 is 0 Å². The molecule has 0 aliphatic carbocycles. The third-order valence-corrected chi connectivity index (χ3v) is 7.57. The second-order valence-electron chi connectivity index (χ2n) is 7.43. The first-order valence-corrected chi connectivity index (χ1v) is 12.4. The largest absolute Gasteiger partial charge is 0.494 e. The Kier molecular flexibility index (Phi) is 8.35. The number of fused-ring (bicyclic) bond motifs is 1. The van der Waals surface area contributed by atoms with Crippen LogP contribution < -0.4 is 9.64 Å². The van der Waals surface area contributed by atoms with Crippen molar-refractivity contribution in [3.05, 3.63) is 47.5 Å². The van der Waals surface area contributed by atoms with E-state index in [1.807, 2.05) is 17.0 Å². The lowest BCUT2D eigenvalue weighted by Crippen LogP contribution is -2.39. The van der Waals surface area contributed by atoms with Gasteiger partial charge in [0.05, 0.1) is 17.6 Å². The molecule has 1 aromatic heterocycles. The van der Waals surface area contributed by atoms with Crippen LogP contribution in [0.2, 0.25) is 0 Å². The molecule has 0 spiro atoms. The summed E-state index contributed by atoms with van der Waals surface area (Å²) in [5.74, 6) is 1.20. The molecule has 1 amide bonds. The Labute approximate surface area is 193 Å². The van der Waals surface area contributed by atoms with Gasteiger partial charge in [0.2, 0.25) is 5.91 Å². The van der Waals surface area contributed by atoms with Crippen LogP contribution in [0.15, 0.2) is 41.3 Å². The van der Waals surface area contributed by atoms with Crippen LogP contribution in [-0.4, -0.2) is 54.8 Å². The van der Waals surface area contributed by atoms with Gasteiger partial charge in [0, 0.05) is 18.0 Å². The maximum absolute atomic E-state index is 13.3. The van der Waals surface area contributed by atoms with E-state index in [1.54, 1.807) is 30.2 Å². The van der Waals surface area contributed by atoms with Crippen molar-refractivity contribution < 1.29 is 9.53 Å². The molecule has 0 unspecified atom stereocenters. The van der Waals surface area contributed by atoms with Gasteiger partial charge in [-0.2, -0.15) is 0 Å². The fourth-order valence-electron chi connectivity index (χ4n) is 3.34. The highest BCUT2D eigenvalue weighted by atomic mass is 32.2. The number of carbonyl (C=O) groups is 1. The molecule has 0 bridgehead atoms. The number of methoxy groups -OCH3 is 1. The van der Waals surface area contributed by atoms with Crippen LogP contribution in [0.25, 0.3) is 10.2 Å². The van der Waals surface area contributed by atoms with Crippen molar-refractivity contribution in [1.29, 1.82) is 0 Å². The predicted molar refractivity (Wildman–Crippen MR) is 133 cm³/mol. The molecular formula is C24H31N3O2S2. The number of hydrogen-bond acceptors (Lipinski definition) is 6. The van der Waals surface area contributed by atoms with E-state index < -0.39 is 0 Å². The number of benzene rings is 2. The second-order valence-corrected chi connectivity index (χ2v) is 9.46. The normalized spacial score (nSPS) is 11.3. The number of anilines is 1. The first-order valence-electron chi connectivity index (χ1n) is 10.6. The molecule has 3 rings (SSSR count). The minimum Gasteiger partial charge on any atom is -0.494 e. The summed E-state index contributed by atoms with van der Waals surface area (Å²) < 4.78 is 6.58. The maximum atomic E-state index is 13.3. The van der Waals surface area contributed by atoms with Crippen molar-refractivity contribution in [3.63, 3.8) is 0 Å². The SMILES string of the molecule is CCN(CC)CCN(C(=O)CSc1ccc(C)cc1)c1nc2c(OC)ccc(C)c2s1. The molecule has 0 radical (unpaired) electrons. The smallest absolute Gasteiger partial charge is 0.239 e. The van der Waals surface area contributed by atoms with Crippen molar-refractivity contribution in [3.8, 4) is 5.75 Å². The summed E-state index contributed by atoms with van der Waals surface area (Å²) in [6, 6.07) is 12.3. The van der Waals surface area contributed by atoms with Crippen molar-refractivity contribution in [2.75, 3.05) is 43.9 Å². The van der Waals surface area contributed by atoms with E-state index in [0.717, 1.165) is 51.2 Å². The summed E-state index contributed by atoms with van der Waals surface area (Å²) in [7, 11) is 1.66. The van der Waals surface area contributed by atoms with E-state index in [0.29, 0.717) is 12.3 Å². The lowest BCUT2D eigenvalue weighted by Gasteiger charge is -2.24. The summed E-state index contributed by atoms with van der Waals surface area (Å²) in [6.45, 7) is 11.8. The van der Waals surface area contributed by atoms with E-state index in [1.165, 1.54) is 5.56 Å². The Morgan fingerprint density at radius 3 is 2.42 bits per heavy atom. The molecular weight excluding hydrogens is 426 g/mol. The minimum atomic E-state index is 0.0772. The van der Waals surface area contributed by atoms with Crippen LogP contribution in [0, 0.1) is 13.8 Å². The van der Waals surface area contributed by atoms with Gasteiger partial charge in [0.15, 0.2) is 5.13 Å². The summed E-state index contributed by atoms with van der Waals surface area (Å²) in [5, 5.41) is 0.740. The van der Waals surface area contributed by atoms with Gasteiger partial charge < -0.3 is 9.64 Å². The number of amides is 1. The molecule has 166 valence electrons. The Morgan fingerprint density at radius 1 is 1.06 bits per heavy atom. The maximum Gasteiger partial charge on any atom is 0.239 e. The number of aryl methyl sites for hydroxylation is 2. The van der Waals surface area contributed by atoms with Crippen LogP contribution in [0.5, 0.6) is 5.75 Å². The van der Waals surface area contributed by atoms with Gasteiger partial charge in [-0.15, -0.1) is 11.8 Å². The molecule has 5 nitrogen and oxygen atoms in total. The van der Waals surface area contributed by atoms with Crippen LogP contribution in [0.3, 0.4) is 0 Å². The van der Waals surface area contributed by atoms with Gasteiger partial charge in [-0.05, 0) is 50.7 Å². The Bertz CT molecular complexity index is 1010. The summed E-state index contributed by atoms with van der Waals surface area (Å²) in [4.78, 5) is 23.4. The standard InChI is InChI=1S/C24H31N3O2S2/c1-6-26(7-2)14-15-27(21(28)16-30-19-11-8-17(3)9-12-19)24-25-22-20(29-5)13-10-18(4)23(22)31-24/h8-13H,6-7,14-16H2,1-5H3. The molecule has 1 heterocycles. The quantitative estimate of drug-likeness (QED) is 0.382. The number of rotatable bonds is 10. The van der Waals surface area contributed by atoms with Gasteiger partial charge in [-0.3, -0.25) is 9.69 Å². The summed E-state index contributed by atoms with van der Waals surface area (Å²) in [5.41, 5.74) is 3.19. The van der Waals surface area contributed by atoms with Crippen LogP contribution in [-0.2, 0) is 4.79 Å². The van der Waals surface area contributed by atoms with E-state index in [-0.39, 0.29) is 5.91 Å². The highest BCUT2D eigenvalue weighted by Gasteiger charge is 2.22. The molecule has 0 N–H and O–H groups in total. The Hall–Kier alpha value is -2.09. The van der Waals surface area contributed by atoms with E-state index in [4.69, 9.17) is 9.72 Å². The molecule has 7 heteroatoms. The van der Waals surface area contributed by atoms with Gasteiger partial charge in [-0.1, -0.05) is 48.9 Å². The van der Waals surface area contributed by atoms with Crippen molar-refractivity contribution >= 4 is 44.4 Å². The molecule has 0 fully saturated rings. The molecule has 0 aliphatic heterocycles. The van der Waals surface area contributed by atoms with Gasteiger partial charge in [0.1, 0.15) is 11.3 Å². The van der Waals surface area contributed by atoms with Crippen molar-refractivity contribution in [2.24, 2.45) is 0 Å². The molecule has 0 aliphatic rings. The molecule has 0 saturated carbocycles. The number of aromatic nitrogens is 1. The predicted octanol–water partition coefficient (Wildman–Crippen LogP) is 5.39. The van der Waals surface area contributed by atoms with E-state index in [2.05, 4.69) is 56.9 Å². The van der Waals surface area contributed by atoms with Gasteiger partial charge in [-0.25, -0.2) is 4.98 Å². The average molecular weight is 458 g/mol. The highest BCUT2D eigenvalue weighted by Crippen LogP contribution is 2.36. The monoisotopic (exact) mass is 457 g/mol. The topological polar surface area (TPSA) is 45.7 Å². The Balaban J connectivity index is 1.86. The third kappa shape index (κ3) is 5.79. The van der Waals surface area contributed by atoms with Crippen LogP contribution in [0.1, 0.15) is 25.0 Å². The van der Waals surface area contributed by atoms with Crippen LogP contribution in [0.4, 0.5) is 5.13 Å². The number of thioether (sulfide) groups is 1. The zero-order chi connectivity index (χ0) is 22.4. The minimum absolute atomic E-state index is 0.0772. The first-order chi connectivity index (χ1) is 15.0. The summed E-state index contributed by atoms with van der Waals surface area (Å²) in [6.07, 6.45) is 0. The zero-order valence-electron chi connectivity index (χ0n) is 19.0. The highest BCUT2D eigenvalue weighted by molar-refractivity contribution is 8.00. The van der Waals surface area contributed by atoms with Crippen molar-refractivity contribution in [2.45, 2.75) is 32.6 Å². The second kappa shape index (κ2) is 11.0. The molecule has 2 aromatic carbocycles. The number of hydrogen-bond donors (Lipinski definition) is 0. The lowest BCUT2D eigenvalue weighted by atomic mass is 10.2. The third-order valence-electron chi connectivity index (χ3n) is 5.36. The number of carbonyl (C=O) groups excluding carboxylic acids is 1. The van der Waals surface area contributed by atoms with Gasteiger partial charge >= 0.3 is 0 Å². The number of ether oxygens (including phenoxy) is 1. The van der Waals surface area contributed by atoms with Gasteiger partial charge in [0.25, 0.3) is 0 Å². The number of thiazole rings is 1. The Morgan fingerprint density at radius 2 is 1.77 bits per heavy atom. The zero-order valence-corrected chi connectivity index (χ0v) is 20.6. The fraction of sp³-hybridized carbons (Fsp3) is 0.417. The molecule has 3 aromatic rings.